The summed E-state index contributed by atoms with van der Waals surface area (Å²) in [7, 11) is 0. The van der Waals surface area contributed by atoms with Crippen molar-refractivity contribution in [3.05, 3.63) is 144 Å². The van der Waals surface area contributed by atoms with Crippen molar-refractivity contribution < 1.29 is 38.5 Å². The normalized spacial score (nSPS) is 16.4. The van der Waals surface area contributed by atoms with E-state index < -0.39 is 64.8 Å². The Hall–Kier alpha value is -5.07. The molecule has 1 aromatic heterocycles. The second-order valence-corrected chi connectivity index (χ2v) is 15.9. The lowest BCUT2D eigenvalue weighted by Gasteiger charge is -2.38. The lowest BCUT2D eigenvalue weighted by molar-refractivity contribution is -0.138. The van der Waals surface area contributed by atoms with Gasteiger partial charge in [-0.25, -0.2) is 19.3 Å². The Kier molecular flexibility index (Phi) is 12.1. The number of alkyl halides is 3. The molecule has 0 spiro atoms. The van der Waals surface area contributed by atoms with Gasteiger partial charge in [0.1, 0.15) is 13.2 Å². The van der Waals surface area contributed by atoms with Gasteiger partial charge in [-0.05, 0) is 17.5 Å². The van der Waals surface area contributed by atoms with Gasteiger partial charge in [-0.3, -0.25) is 9.36 Å². The molecule has 0 bridgehead atoms. The van der Waals surface area contributed by atoms with Crippen molar-refractivity contribution in [3.63, 3.8) is 0 Å². The average molecular weight is 807 g/mol. The summed E-state index contributed by atoms with van der Waals surface area (Å²) in [6.45, 7) is 2.66. The number of hydrogen-bond acceptors (Lipinski definition) is 8. The van der Waals surface area contributed by atoms with Gasteiger partial charge in [-0.2, -0.15) is 0 Å². The molecule has 1 aliphatic heterocycles. The van der Waals surface area contributed by atoms with Crippen LogP contribution >= 0.6 is 34.8 Å². The summed E-state index contributed by atoms with van der Waals surface area (Å²) in [6.07, 6.45) is -3.09. The number of nitrogens with one attached hydrogen (secondary N) is 1. The van der Waals surface area contributed by atoms with Crippen LogP contribution in [0, 0.1) is 11.8 Å². The molecule has 2 heterocycles. The number of imide groups is 1. The van der Waals surface area contributed by atoms with Gasteiger partial charge in [-0.15, -0.1) is 0 Å². The Morgan fingerprint density at radius 1 is 0.855 bits per heavy atom. The van der Waals surface area contributed by atoms with E-state index in [0.717, 1.165) is 15.0 Å². The Bertz CT molecular complexity index is 2100. The van der Waals surface area contributed by atoms with E-state index in [1.165, 1.54) is 6.20 Å². The Labute approximate surface area is 332 Å². The zero-order chi connectivity index (χ0) is 39.3. The first-order valence-electron chi connectivity index (χ1n) is 17.5. The van der Waals surface area contributed by atoms with E-state index in [-0.39, 0.29) is 18.1 Å². The summed E-state index contributed by atoms with van der Waals surface area (Å²) in [5.41, 5.74) is 1.03. The molecule has 1 fully saturated rings. The summed E-state index contributed by atoms with van der Waals surface area (Å²) in [6, 6.07) is 33.0. The van der Waals surface area contributed by atoms with Crippen LogP contribution in [0.15, 0.2) is 121 Å². The van der Waals surface area contributed by atoms with Crippen molar-refractivity contribution in [1.82, 2.24) is 14.8 Å². The zero-order valence-electron chi connectivity index (χ0n) is 29.8. The first-order chi connectivity index (χ1) is 26.3. The van der Waals surface area contributed by atoms with E-state index in [9.17, 15) is 19.5 Å². The number of carbonyl (C=O) groups is 4. The lowest BCUT2D eigenvalue weighted by atomic mass is 9.75. The molecule has 0 radical (unpaired) electrons. The highest BCUT2D eigenvalue weighted by molar-refractivity contribution is 6.67. The maximum Gasteiger partial charge on any atom is 0.418 e. The molecule has 1 unspecified atom stereocenters. The number of fused-ring (bicyclic) bond motifs is 1. The maximum absolute atomic E-state index is 15.0. The van der Waals surface area contributed by atoms with Crippen molar-refractivity contribution in [3.8, 4) is 0 Å². The van der Waals surface area contributed by atoms with Crippen LogP contribution in [-0.4, -0.2) is 61.7 Å². The molecular weight excluding hydrogens is 769 g/mol. The fraction of sp³-hybridized carbons (Fsp3) is 0.268. The molecule has 5 aromatic rings. The first-order valence-corrected chi connectivity index (χ1v) is 18.6. The second kappa shape index (κ2) is 16.7. The highest BCUT2D eigenvalue weighted by Crippen LogP contribution is 2.48. The van der Waals surface area contributed by atoms with Crippen LogP contribution < -0.4 is 5.32 Å². The van der Waals surface area contributed by atoms with Crippen LogP contribution in [-0.2, 0) is 31.2 Å². The van der Waals surface area contributed by atoms with Crippen LogP contribution in [0.4, 0.5) is 14.4 Å². The number of ether oxygens (including phenoxy) is 3. The van der Waals surface area contributed by atoms with Gasteiger partial charge in [0, 0.05) is 34.8 Å². The molecule has 0 saturated carbocycles. The van der Waals surface area contributed by atoms with E-state index in [1.807, 2.05) is 80.6 Å². The van der Waals surface area contributed by atoms with Crippen LogP contribution in [0.3, 0.4) is 0 Å². The number of carbonyl (C=O) groups excluding carboxylic acids is 4. The molecule has 1 aliphatic rings. The van der Waals surface area contributed by atoms with Gasteiger partial charge in [0.2, 0.25) is 9.70 Å². The van der Waals surface area contributed by atoms with Crippen molar-refractivity contribution in [2.75, 3.05) is 13.2 Å². The fourth-order valence-electron chi connectivity index (χ4n) is 7.04. The largest absolute Gasteiger partial charge is 0.445 e. The number of alkyl carbamates (subject to hydrolysis) is 1. The summed E-state index contributed by atoms with van der Waals surface area (Å²) < 4.78 is 16.2. The van der Waals surface area contributed by atoms with Crippen molar-refractivity contribution in [2.45, 2.75) is 42.0 Å². The van der Waals surface area contributed by atoms with E-state index in [1.54, 1.807) is 48.5 Å². The number of rotatable bonds is 11. The molecular formula is C41H38Cl3N3O8. The SMILES string of the molecule is CC(C)[C@H]1N(C(=O)[C@H](CNC(=O)OCc2ccccc2)C(O)c2cn(C(=O)OCC(Cl)(Cl)Cl)c3ccccc23)C(=O)OC1(c1ccccc1)c1ccccc1. The highest BCUT2D eigenvalue weighted by Gasteiger charge is 2.60. The third-order valence-electron chi connectivity index (χ3n) is 9.41. The number of para-hydroxylation sites is 1. The predicted octanol–water partition coefficient (Wildman–Crippen LogP) is 8.52. The fourth-order valence-corrected chi connectivity index (χ4v) is 7.20. The summed E-state index contributed by atoms with van der Waals surface area (Å²) in [4.78, 5) is 56.6. The molecule has 0 aliphatic carbocycles. The van der Waals surface area contributed by atoms with Crippen LogP contribution in [0.25, 0.3) is 10.9 Å². The molecule has 1 saturated heterocycles. The molecule has 3 amide bonds. The number of aliphatic hydroxyl groups excluding tert-OH is 1. The Morgan fingerprint density at radius 2 is 1.42 bits per heavy atom. The van der Waals surface area contributed by atoms with Crippen molar-refractivity contribution >= 4 is 69.9 Å². The molecule has 4 aromatic carbocycles. The van der Waals surface area contributed by atoms with E-state index in [0.29, 0.717) is 22.0 Å². The highest BCUT2D eigenvalue weighted by atomic mass is 35.6. The standard InChI is InChI=1S/C41H38Cl3N3O8/c1-26(2)35-41(28-16-8-4-9-17-28,29-18-10-5-11-19-29)55-39(52)47(35)36(49)31(22-45-37(50)53-24-27-14-6-3-7-15-27)34(48)32-23-46(33-21-13-12-20-30(32)33)38(51)54-25-40(42,43)44/h3-21,23,26,31,34-35,48H,22,24-25H2,1-2H3,(H,45,50)/t31-,34?,35-/m1/s1. The number of benzene rings is 4. The van der Waals surface area contributed by atoms with E-state index >= 15 is 4.79 Å². The number of nitrogens with zero attached hydrogens (tertiary/aromatic N) is 2. The van der Waals surface area contributed by atoms with Gasteiger partial charge in [-0.1, -0.05) is 158 Å². The minimum absolute atomic E-state index is 0.0534. The lowest BCUT2D eigenvalue weighted by Crippen LogP contribution is -2.53. The molecule has 6 rings (SSSR count). The van der Waals surface area contributed by atoms with Crippen molar-refractivity contribution in [2.24, 2.45) is 11.8 Å². The third kappa shape index (κ3) is 8.45. The quantitative estimate of drug-likeness (QED) is 0.100. The third-order valence-corrected chi connectivity index (χ3v) is 9.74. The molecule has 3 atom stereocenters. The van der Waals surface area contributed by atoms with Gasteiger partial charge in [0.15, 0.2) is 5.60 Å². The van der Waals surface area contributed by atoms with Crippen LogP contribution in [0.2, 0.25) is 0 Å². The number of aliphatic hydroxyl groups is 1. The first kappa shape index (κ1) is 39.6. The number of halogens is 3. The van der Waals surface area contributed by atoms with Gasteiger partial charge in [0.05, 0.1) is 23.6 Å². The summed E-state index contributed by atoms with van der Waals surface area (Å²) in [5.74, 6) is -2.70. The van der Waals surface area contributed by atoms with Crippen LogP contribution in [0.5, 0.6) is 0 Å². The van der Waals surface area contributed by atoms with E-state index in [2.05, 4.69) is 5.32 Å². The molecule has 14 heteroatoms. The zero-order valence-corrected chi connectivity index (χ0v) is 32.1. The maximum atomic E-state index is 15.0. The predicted molar refractivity (Wildman–Crippen MR) is 208 cm³/mol. The Balaban J connectivity index is 1.40. The van der Waals surface area contributed by atoms with Crippen molar-refractivity contribution in [1.29, 1.82) is 0 Å². The number of aromatic nitrogens is 1. The Morgan fingerprint density at radius 3 is 2.00 bits per heavy atom. The second-order valence-electron chi connectivity index (χ2n) is 13.4. The topological polar surface area (TPSA) is 136 Å². The number of amides is 3. The van der Waals surface area contributed by atoms with Gasteiger partial charge < -0.3 is 24.6 Å². The molecule has 11 nitrogen and oxygen atoms in total. The average Bonchev–Trinajstić information content (AvgIpc) is 3.73. The smallest absolute Gasteiger partial charge is 0.418 e. The van der Waals surface area contributed by atoms with E-state index in [4.69, 9.17) is 49.0 Å². The molecule has 2 N–H and O–H groups in total. The number of hydrogen-bond donors (Lipinski definition) is 2. The summed E-state index contributed by atoms with van der Waals surface area (Å²) >= 11 is 17.5. The monoisotopic (exact) mass is 805 g/mol. The summed E-state index contributed by atoms with van der Waals surface area (Å²) in [5, 5.41) is 15.2. The molecule has 55 heavy (non-hydrogen) atoms. The number of cyclic esters (lactones) is 1. The van der Waals surface area contributed by atoms with Gasteiger partial charge >= 0.3 is 18.3 Å². The minimum atomic E-state index is -1.88. The molecule has 286 valence electrons. The minimum Gasteiger partial charge on any atom is -0.445 e. The van der Waals surface area contributed by atoms with Gasteiger partial charge in [0.25, 0.3) is 0 Å². The van der Waals surface area contributed by atoms with Crippen LogP contribution in [0.1, 0.15) is 42.2 Å².